The number of carbonyl (C=O) groups is 1. The monoisotopic (exact) mass is 571 g/mol. The second-order valence-corrected chi connectivity index (χ2v) is 12.7. The van der Waals surface area contributed by atoms with Gasteiger partial charge in [-0.25, -0.2) is 13.5 Å². The van der Waals surface area contributed by atoms with E-state index in [-0.39, 0.29) is 30.0 Å². The summed E-state index contributed by atoms with van der Waals surface area (Å²) in [7, 11) is 4.59. The van der Waals surface area contributed by atoms with E-state index >= 15 is 0 Å². The summed E-state index contributed by atoms with van der Waals surface area (Å²) >= 11 is 0. The van der Waals surface area contributed by atoms with Crippen LogP contribution in [0.15, 0.2) is 24.4 Å². The Hall–Kier alpha value is -2.76. The first kappa shape index (κ1) is 30.2. The smallest absolute Gasteiger partial charge is 0.251 e. The first-order valence-corrected chi connectivity index (χ1v) is 15.8. The highest BCUT2D eigenvalue weighted by molar-refractivity contribution is 7.81. The van der Waals surface area contributed by atoms with Crippen molar-refractivity contribution in [2.45, 2.75) is 76.4 Å². The zero-order valence-corrected chi connectivity index (χ0v) is 25.5. The molecule has 2 fully saturated rings. The maximum Gasteiger partial charge on any atom is 0.251 e. The van der Waals surface area contributed by atoms with Crippen molar-refractivity contribution < 1.29 is 13.7 Å². The molecule has 10 nitrogen and oxygen atoms in total. The number of nitrogens with one attached hydrogen (secondary N) is 3. The standard InChI is InChI=1S/C29H45N7O3S/c1-19(2)22-18-30-29(34-27(22)32-23-9-7-8-10-25(23)36(4)40(6)38)33-24-12-11-20(17-26(24)39-5)28(37)31-21-13-15-35(3)16-14-21/h11-12,17-19,21,23,25H,7-10,13-16H2,1-6H3,(H,31,37)(H2,30,32,33,34)/t23-,25-,40?/m1/s1. The Labute approximate surface area is 241 Å². The summed E-state index contributed by atoms with van der Waals surface area (Å²) in [5.41, 5.74) is 2.27. The molecule has 0 bridgehead atoms. The average molecular weight is 572 g/mol. The van der Waals surface area contributed by atoms with Gasteiger partial charge in [-0.2, -0.15) is 4.98 Å². The second kappa shape index (κ2) is 13.7. The molecule has 11 heteroatoms. The van der Waals surface area contributed by atoms with Gasteiger partial charge in [-0.3, -0.25) is 4.79 Å². The van der Waals surface area contributed by atoms with E-state index in [2.05, 4.69) is 46.7 Å². The molecular weight excluding hydrogens is 526 g/mol. The largest absolute Gasteiger partial charge is 0.495 e. The SMILES string of the molecule is COc1cc(C(=O)NC2CCN(C)CC2)ccc1Nc1ncc(C(C)C)c(N[C@@H]2CCCC[C@H]2N(C)S(C)=O)n1. The van der Waals surface area contributed by atoms with Gasteiger partial charge in [0.1, 0.15) is 11.6 Å². The van der Waals surface area contributed by atoms with Crippen LogP contribution >= 0.6 is 0 Å². The van der Waals surface area contributed by atoms with E-state index in [9.17, 15) is 9.00 Å². The number of likely N-dealkylation sites (N-methyl/N-ethyl adjacent to an activating group) is 1. The van der Waals surface area contributed by atoms with E-state index in [0.29, 0.717) is 22.9 Å². The molecule has 2 heterocycles. The fraction of sp³-hybridized carbons (Fsp3) is 0.621. The summed E-state index contributed by atoms with van der Waals surface area (Å²) in [6, 6.07) is 5.87. The lowest BCUT2D eigenvalue weighted by Gasteiger charge is -2.37. The van der Waals surface area contributed by atoms with Gasteiger partial charge in [0.2, 0.25) is 5.95 Å². The minimum Gasteiger partial charge on any atom is -0.495 e. The number of hydrogen-bond donors (Lipinski definition) is 3. The normalized spacial score (nSPS) is 21.3. The third-order valence-corrected chi connectivity index (χ3v) is 9.21. The maximum absolute atomic E-state index is 12.9. The van der Waals surface area contributed by atoms with Crippen molar-refractivity contribution in [3.05, 3.63) is 35.5 Å². The quantitative estimate of drug-likeness (QED) is 0.391. The molecule has 1 aliphatic carbocycles. The molecule has 1 saturated heterocycles. The molecule has 2 aliphatic rings. The molecule has 3 atom stereocenters. The number of carbonyl (C=O) groups excluding carboxylic acids is 1. The number of likely N-dealkylation sites (tertiary alicyclic amines) is 1. The lowest BCUT2D eigenvalue weighted by atomic mass is 9.90. The van der Waals surface area contributed by atoms with E-state index in [0.717, 1.165) is 63.0 Å². The summed E-state index contributed by atoms with van der Waals surface area (Å²) in [5, 5.41) is 10.1. The molecule has 0 radical (unpaired) electrons. The van der Waals surface area contributed by atoms with Gasteiger partial charge in [-0.15, -0.1) is 0 Å². The van der Waals surface area contributed by atoms with Crippen LogP contribution in [0.3, 0.4) is 0 Å². The molecule has 4 rings (SSSR count). The number of ether oxygens (including phenoxy) is 1. The van der Waals surface area contributed by atoms with Crippen LogP contribution in [0, 0.1) is 0 Å². The van der Waals surface area contributed by atoms with Crippen LogP contribution in [0.5, 0.6) is 5.75 Å². The van der Waals surface area contributed by atoms with E-state index < -0.39 is 11.0 Å². The van der Waals surface area contributed by atoms with Crippen molar-refractivity contribution in [3.63, 3.8) is 0 Å². The van der Waals surface area contributed by atoms with Crippen LogP contribution in [0.4, 0.5) is 17.5 Å². The van der Waals surface area contributed by atoms with E-state index in [1.165, 1.54) is 0 Å². The number of methoxy groups -OCH3 is 1. The molecule has 1 amide bonds. The molecule has 1 aliphatic heterocycles. The zero-order chi connectivity index (χ0) is 28.8. The minimum absolute atomic E-state index is 0.0940. The summed E-state index contributed by atoms with van der Waals surface area (Å²) in [4.78, 5) is 24.7. The topological polar surface area (TPSA) is 112 Å². The van der Waals surface area contributed by atoms with Gasteiger partial charge in [-0.1, -0.05) is 26.7 Å². The highest BCUT2D eigenvalue weighted by Gasteiger charge is 2.31. The van der Waals surface area contributed by atoms with E-state index in [1.54, 1.807) is 25.5 Å². The molecule has 1 saturated carbocycles. The number of amides is 1. The summed E-state index contributed by atoms with van der Waals surface area (Å²) in [5.74, 6) is 1.90. The Morgan fingerprint density at radius 3 is 2.58 bits per heavy atom. The Morgan fingerprint density at radius 1 is 1.18 bits per heavy atom. The highest BCUT2D eigenvalue weighted by Crippen LogP contribution is 2.32. The van der Waals surface area contributed by atoms with Crippen LogP contribution in [0.25, 0.3) is 0 Å². The Balaban J connectivity index is 1.51. The van der Waals surface area contributed by atoms with E-state index in [4.69, 9.17) is 9.72 Å². The summed E-state index contributed by atoms with van der Waals surface area (Å²) < 4.78 is 19.8. The number of anilines is 3. The van der Waals surface area contributed by atoms with E-state index in [1.807, 2.05) is 23.6 Å². The first-order valence-electron chi connectivity index (χ1n) is 14.3. The van der Waals surface area contributed by atoms with Gasteiger partial charge in [0, 0.05) is 48.8 Å². The van der Waals surface area contributed by atoms with Gasteiger partial charge in [-0.05, 0) is 69.9 Å². The van der Waals surface area contributed by atoms with Crippen molar-refractivity contribution in [1.29, 1.82) is 0 Å². The second-order valence-electron chi connectivity index (χ2n) is 11.3. The van der Waals surface area contributed by atoms with Crippen molar-refractivity contribution >= 4 is 34.3 Å². The minimum atomic E-state index is -1.04. The number of benzene rings is 1. The Morgan fingerprint density at radius 2 is 1.90 bits per heavy atom. The van der Waals surface area contributed by atoms with Crippen molar-refractivity contribution in [1.82, 2.24) is 24.5 Å². The third kappa shape index (κ3) is 7.50. The van der Waals surface area contributed by atoms with Crippen LogP contribution in [-0.2, 0) is 11.0 Å². The van der Waals surface area contributed by atoms with Crippen LogP contribution in [0.2, 0.25) is 0 Å². The van der Waals surface area contributed by atoms with Crippen molar-refractivity contribution in [2.24, 2.45) is 0 Å². The van der Waals surface area contributed by atoms with Gasteiger partial charge in [0.25, 0.3) is 5.91 Å². The molecule has 40 heavy (non-hydrogen) atoms. The third-order valence-electron chi connectivity index (χ3n) is 8.13. The van der Waals surface area contributed by atoms with Gasteiger partial charge < -0.3 is 25.6 Å². The summed E-state index contributed by atoms with van der Waals surface area (Å²) in [6.07, 6.45) is 9.73. The molecule has 3 N–H and O–H groups in total. The molecule has 1 aromatic heterocycles. The number of nitrogens with zero attached hydrogens (tertiary/aromatic N) is 4. The molecular formula is C29H45N7O3S. The average Bonchev–Trinajstić information content (AvgIpc) is 2.94. The predicted octanol–water partition coefficient (Wildman–Crippen LogP) is 4.12. The van der Waals surface area contributed by atoms with Gasteiger partial charge in [0.05, 0.1) is 23.8 Å². The fourth-order valence-corrected chi connectivity index (χ4v) is 6.18. The zero-order valence-electron chi connectivity index (χ0n) is 24.7. The van der Waals surface area contributed by atoms with Crippen molar-refractivity contribution in [3.8, 4) is 5.75 Å². The molecule has 0 spiro atoms. The first-order chi connectivity index (χ1) is 19.2. The lowest BCUT2D eigenvalue weighted by molar-refractivity contribution is 0.0916. The van der Waals surface area contributed by atoms with Gasteiger partial charge >= 0.3 is 0 Å². The van der Waals surface area contributed by atoms with Crippen molar-refractivity contribution in [2.75, 3.05) is 51.2 Å². The summed E-state index contributed by atoms with van der Waals surface area (Å²) in [6.45, 7) is 6.22. The Kier molecular flexibility index (Phi) is 10.4. The Bertz CT molecular complexity index is 1190. The number of aromatic nitrogens is 2. The highest BCUT2D eigenvalue weighted by atomic mass is 32.2. The maximum atomic E-state index is 12.9. The number of hydrogen-bond acceptors (Lipinski definition) is 8. The van der Waals surface area contributed by atoms with Gasteiger partial charge in [0.15, 0.2) is 0 Å². The molecule has 1 unspecified atom stereocenters. The molecule has 220 valence electrons. The van der Waals surface area contributed by atoms with Crippen LogP contribution in [0.1, 0.15) is 74.2 Å². The van der Waals surface area contributed by atoms with Crippen LogP contribution in [-0.4, -0.2) is 88.0 Å². The number of piperidine rings is 1. The number of rotatable bonds is 10. The molecule has 2 aromatic rings. The predicted molar refractivity (Wildman–Crippen MR) is 162 cm³/mol. The molecule has 1 aromatic carbocycles. The fourth-order valence-electron chi connectivity index (χ4n) is 5.55. The van der Waals surface area contributed by atoms with Crippen LogP contribution < -0.4 is 20.7 Å². The lowest BCUT2D eigenvalue weighted by Crippen LogP contribution is -2.47.